The van der Waals surface area contributed by atoms with E-state index in [2.05, 4.69) is 79.2 Å². The molecule has 0 amide bonds. The Balaban J connectivity index is 1.71. The van der Waals surface area contributed by atoms with Crippen molar-refractivity contribution < 1.29 is 14.3 Å². The molecule has 3 aromatic carbocycles. The number of rotatable bonds is 9. The second kappa shape index (κ2) is 10.6. The first-order valence-electron chi connectivity index (χ1n) is 13.6. The van der Waals surface area contributed by atoms with E-state index in [-0.39, 0.29) is 11.4 Å². The number of fused-ring (bicyclic) bond motifs is 1. The summed E-state index contributed by atoms with van der Waals surface area (Å²) < 4.78 is 13.2. The zero-order valence-electron chi connectivity index (χ0n) is 23.1. The van der Waals surface area contributed by atoms with E-state index < -0.39 is 0 Å². The Morgan fingerprint density at radius 3 is 2.45 bits per heavy atom. The van der Waals surface area contributed by atoms with Crippen molar-refractivity contribution in [1.82, 2.24) is 4.57 Å². The number of nitrogens with one attached hydrogen (secondary N) is 1. The maximum absolute atomic E-state index is 13.6. The first-order valence-corrected chi connectivity index (χ1v) is 13.6. The molecule has 5 nitrogen and oxygen atoms in total. The van der Waals surface area contributed by atoms with Crippen molar-refractivity contribution in [2.75, 3.05) is 25.6 Å². The van der Waals surface area contributed by atoms with E-state index in [4.69, 9.17) is 9.47 Å². The lowest BCUT2D eigenvalue weighted by atomic mass is 9.86. The van der Waals surface area contributed by atoms with E-state index in [9.17, 15) is 4.79 Å². The molecule has 0 bridgehead atoms. The number of aromatic nitrogens is 1. The molecule has 0 unspecified atom stereocenters. The van der Waals surface area contributed by atoms with Crippen LogP contribution >= 0.6 is 0 Å². The largest absolute Gasteiger partial charge is 0.497 e. The van der Waals surface area contributed by atoms with Crippen LogP contribution < -0.4 is 10.1 Å². The third-order valence-electron chi connectivity index (χ3n) is 7.34. The van der Waals surface area contributed by atoms with Crippen LogP contribution in [0.4, 0.5) is 5.69 Å². The summed E-state index contributed by atoms with van der Waals surface area (Å²) in [7, 11) is 1.67. The van der Waals surface area contributed by atoms with E-state index in [1.807, 2.05) is 25.1 Å². The maximum atomic E-state index is 13.6. The SMILES string of the molecule is CCOC(=O)c1c(-c2ccc(C(C)(C)C)cc2)c2cc(NCC3CC3)ccc2n1Cc1cccc(OC)c1. The van der Waals surface area contributed by atoms with Gasteiger partial charge in [-0.05, 0) is 78.1 Å². The highest BCUT2D eigenvalue weighted by molar-refractivity contribution is 6.09. The summed E-state index contributed by atoms with van der Waals surface area (Å²) in [5, 5.41) is 4.65. The fourth-order valence-corrected chi connectivity index (χ4v) is 5.01. The van der Waals surface area contributed by atoms with Gasteiger partial charge in [-0.2, -0.15) is 0 Å². The van der Waals surface area contributed by atoms with Gasteiger partial charge in [-0.3, -0.25) is 0 Å². The molecule has 1 fully saturated rings. The number of hydrogen-bond donors (Lipinski definition) is 1. The molecule has 0 spiro atoms. The highest BCUT2D eigenvalue weighted by atomic mass is 16.5. The van der Waals surface area contributed by atoms with Gasteiger partial charge in [0.15, 0.2) is 0 Å². The van der Waals surface area contributed by atoms with Gasteiger partial charge in [0.2, 0.25) is 0 Å². The molecule has 1 heterocycles. The number of esters is 1. The van der Waals surface area contributed by atoms with Gasteiger partial charge in [0, 0.05) is 35.2 Å². The van der Waals surface area contributed by atoms with Crippen molar-refractivity contribution in [3.63, 3.8) is 0 Å². The zero-order valence-corrected chi connectivity index (χ0v) is 23.1. The molecular weight excluding hydrogens is 472 g/mol. The highest BCUT2D eigenvalue weighted by Crippen LogP contribution is 2.39. The van der Waals surface area contributed by atoms with Crippen molar-refractivity contribution in [3.8, 4) is 16.9 Å². The van der Waals surface area contributed by atoms with Gasteiger partial charge in [0.25, 0.3) is 0 Å². The van der Waals surface area contributed by atoms with Gasteiger partial charge < -0.3 is 19.4 Å². The quantitative estimate of drug-likeness (QED) is 0.235. The highest BCUT2D eigenvalue weighted by Gasteiger charge is 2.26. The molecule has 0 saturated heterocycles. The zero-order chi connectivity index (χ0) is 26.9. The summed E-state index contributed by atoms with van der Waals surface area (Å²) in [6, 6.07) is 23.0. The molecule has 0 radical (unpaired) electrons. The molecule has 4 aromatic rings. The van der Waals surface area contributed by atoms with Gasteiger partial charge >= 0.3 is 5.97 Å². The van der Waals surface area contributed by atoms with E-state index >= 15 is 0 Å². The molecule has 0 aliphatic heterocycles. The van der Waals surface area contributed by atoms with Gasteiger partial charge in [-0.1, -0.05) is 57.2 Å². The van der Waals surface area contributed by atoms with Crippen LogP contribution in [-0.4, -0.2) is 30.8 Å². The number of ether oxygens (including phenoxy) is 2. The van der Waals surface area contributed by atoms with E-state index in [1.165, 1.54) is 18.4 Å². The third-order valence-corrected chi connectivity index (χ3v) is 7.34. The van der Waals surface area contributed by atoms with Gasteiger partial charge in [-0.25, -0.2) is 4.79 Å². The number of methoxy groups -OCH3 is 1. The van der Waals surface area contributed by atoms with Crippen LogP contribution in [0.5, 0.6) is 5.75 Å². The molecule has 1 aliphatic carbocycles. The molecule has 0 atom stereocenters. The van der Waals surface area contributed by atoms with Crippen molar-refractivity contribution in [2.24, 2.45) is 5.92 Å². The van der Waals surface area contributed by atoms with Gasteiger partial charge in [0.05, 0.1) is 13.7 Å². The van der Waals surface area contributed by atoms with Crippen LogP contribution in [0.25, 0.3) is 22.0 Å². The second-order valence-electron chi connectivity index (χ2n) is 11.3. The molecule has 5 heteroatoms. The van der Waals surface area contributed by atoms with Crippen LogP contribution in [0.3, 0.4) is 0 Å². The van der Waals surface area contributed by atoms with Crippen LogP contribution in [0.2, 0.25) is 0 Å². The smallest absolute Gasteiger partial charge is 0.355 e. The average molecular weight is 511 g/mol. The summed E-state index contributed by atoms with van der Waals surface area (Å²) in [6.45, 7) is 10.3. The third kappa shape index (κ3) is 5.42. The van der Waals surface area contributed by atoms with E-state index in [1.54, 1.807) is 7.11 Å². The van der Waals surface area contributed by atoms with Crippen molar-refractivity contribution in [3.05, 3.63) is 83.6 Å². The summed E-state index contributed by atoms with van der Waals surface area (Å²) >= 11 is 0. The van der Waals surface area contributed by atoms with Gasteiger partial charge in [-0.15, -0.1) is 0 Å². The van der Waals surface area contributed by atoms with Crippen LogP contribution in [-0.2, 0) is 16.7 Å². The number of carbonyl (C=O) groups excluding carboxylic acids is 1. The fourth-order valence-electron chi connectivity index (χ4n) is 5.01. The number of nitrogens with zero attached hydrogens (tertiary/aromatic N) is 1. The number of benzene rings is 3. The maximum Gasteiger partial charge on any atom is 0.355 e. The molecule has 1 aliphatic rings. The van der Waals surface area contributed by atoms with Crippen molar-refractivity contribution in [2.45, 2.75) is 52.5 Å². The van der Waals surface area contributed by atoms with Crippen LogP contribution in [0.1, 0.15) is 62.2 Å². The molecule has 38 heavy (non-hydrogen) atoms. The Hall–Kier alpha value is -3.73. The summed E-state index contributed by atoms with van der Waals surface area (Å²) in [6.07, 6.45) is 2.59. The Bertz CT molecular complexity index is 1440. The van der Waals surface area contributed by atoms with E-state index in [0.29, 0.717) is 18.8 Å². The topological polar surface area (TPSA) is 52.5 Å². The fraction of sp³-hybridized carbons (Fsp3) is 0.364. The standard InChI is InChI=1S/C33H38N2O3/c1-6-38-32(36)31-30(24-12-14-25(15-13-24)33(2,3)4)28-19-26(34-20-22-10-11-22)16-17-29(28)35(31)21-23-8-7-9-27(18-23)37-5/h7-9,12-19,22,34H,6,10-11,20-21H2,1-5H3. The first kappa shape index (κ1) is 25.9. The Morgan fingerprint density at radius 1 is 1.03 bits per heavy atom. The second-order valence-corrected chi connectivity index (χ2v) is 11.3. The lowest BCUT2D eigenvalue weighted by molar-refractivity contribution is 0.0516. The Labute approximate surface area is 225 Å². The Kier molecular flexibility index (Phi) is 7.20. The lowest BCUT2D eigenvalue weighted by Crippen LogP contribution is -2.14. The van der Waals surface area contributed by atoms with Crippen molar-refractivity contribution in [1.29, 1.82) is 0 Å². The number of carbonyl (C=O) groups is 1. The summed E-state index contributed by atoms with van der Waals surface area (Å²) in [5.41, 5.74) is 6.93. The average Bonchev–Trinajstić information content (AvgIpc) is 3.69. The Morgan fingerprint density at radius 2 is 1.79 bits per heavy atom. The predicted molar refractivity (Wildman–Crippen MR) is 155 cm³/mol. The monoisotopic (exact) mass is 510 g/mol. The molecule has 1 N–H and O–H groups in total. The van der Waals surface area contributed by atoms with Crippen molar-refractivity contribution >= 4 is 22.6 Å². The minimum absolute atomic E-state index is 0.0444. The molecular formula is C33H38N2O3. The molecule has 5 rings (SSSR count). The molecule has 1 saturated carbocycles. The van der Waals surface area contributed by atoms with Gasteiger partial charge in [0.1, 0.15) is 11.4 Å². The summed E-state index contributed by atoms with van der Waals surface area (Å²) in [4.78, 5) is 13.6. The summed E-state index contributed by atoms with van der Waals surface area (Å²) in [5.74, 6) is 1.25. The van der Waals surface area contributed by atoms with E-state index in [0.717, 1.165) is 51.5 Å². The normalized spacial score (nSPS) is 13.5. The number of anilines is 1. The molecule has 1 aromatic heterocycles. The lowest BCUT2D eigenvalue weighted by Gasteiger charge is -2.19. The van der Waals surface area contributed by atoms with Crippen LogP contribution in [0, 0.1) is 5.92 Å². The predicted octanol–water partition coefficient (Wildman–Crippen LogP) is 7.66. The first-order chi connectivity index (χ1) is 18.3. The minimum atomic E-state index is -0.311. The van der Waals surface area contributed by atoms with Crippen LogP contribution in [0.15, 0.2) is 66.7 Å². The minimum Gasteiger partial charge on any atom is -0.497 e. The number of hydrogen-bond acceptors (Lipinski definition) is 4. The molecule has 198 valence electrons.